The lowest BCUT2D eigenvalue weighted by molar-refractivity contribution is 0.103. The monoisotopic (exact) mass is 501 g/mol. The Labute approximate surface area is 201 Å². The van der Waals surface area contributed by atoms with E-state index in [0.29, 0.717) is 28.6 Å². The van der Waals surface area contributed by atoms with Gasteiger partial charge >= 0.3 is 6.01 Å². The van der Waals surface area contributed by atoms with Crippen LogP contribution in [0.5, 0.6) is 11.9 Å². The number of anilines is 1. The summed E-state index contributed by atoms with van der Waals surface area (Å²) >= 11 is 0. The number of halogens is 2. The Bertz CT molecular complexity index is 1440. The number of hydrogen-bond acceptors (Lipinski definition) is 7. The maximum Gasteiger partial charge on any atom is 0.319 e. The standard InChI is InChI=1S/C23H21F2N5O4S/c1-4-7-35(32)30-17-6-5-16(24)18(19(17)25)20(31)15-11-27-21-13(15)8-12(9-26-21)14-10-28-23(34-3)29-22(14)33-2/h5-6,8-11,30H,4,7H2,1-3H3,(H,26,27). The molecule has 0 aliphatic rings. The molecule has 0 aliphatic heterocycles. The molecule has 1 atom stereocenters. The first-order valence-corrected chi connectivity index (χ1v) is 11.8. The summed E-state index contributed by atoms with van der Waals surface area (Å²) < 4.78 is 54.6. The molecule has 12 heteroatoms. The number of carbonyl (C=O) groups excluding carboxylic acids is 1. The van der Waals surface area contributed by atoms with E-state index in [1.165, 1.54) is 32.8 Å². The average Bonchev–Trinajstić information content (AvgIpc) is 3.28. The Morgan fingerprint density at radius 1 is 1.17 bits per heavy atom. The summed E-state index contributed by atoms with van der Waals surface area (Å²) in [7, 11) is 1.28. The third-order valence-electron chi connectivity index (χ3n) is 5.13. The molecule has 9 nitrogen and oxygen atoms in total. The van der Waals surface area contributed by atoms with Gasteiger partial charge in [0.15, 0.2) is 5.82 Å². The zero-order chi connectivity index (χ0) is 25.1. The molecule has 4 aromatic rings. The summed E-state index contributed by atoms with van der Waals surface area (Å²) in [5.74, 6) is -2.56. The van der Waals surface area contributed by atoms with Gasteiger partial charge in [0.1, 0.15) is 22.5 Å². The Morgan fingerprint density at radius 3 is 2.69 bits per heavy atom. The van der Waals surface area contributed by atoms with Gasteiger partial charge in [-0.15, -0.1) is 0 Å². The minimum Gasteiger partial charge on any atom is -0.480 e. The fourth-order valence-electron chi connectivity index (χ4n) is 3.47. The molecular weight excluding hydrogens is 480 g/mol. The van der Waals surface area contributed by atoms with Crippen LogP contribution in [0.4, 0.5) is 14.5 Å². The van der Waals surface area contributed by atoms with Crippen molar-refractivity contribution in [1.29, 1.82) is 0 Å². The van der Waals surface area contributed by atoms with E-state index in [1.807, 2.05) is 6.92 Å². The summed E-state index contributed by atoms with van der Waals surface area (Å²) in [4.78, 5) is 28.6. The Balaban J connectivity index is 1.78. The Morgan fingerprint density at radius 2 is 1.97 bits per heavy atom. The van der Waals surface area contributed by atoms with E-state index in [2.05, 4.69) is 24.7 Å². The van der Waals surface area contributed by atoms with Gasteiger partial charge < -0.3 is 19.2 Å². The first-order chi connectivity index (χ1) is 16.9. The van der Waals surface area contributed by atoms with Crippen LogP contribution in [0.2, 0.25) is 0 Å². The molecule has 0 spiro atoms. The predicted molar refractivity (Wildman–Crippen MR) is 127 cm³/mol. The van der Waals surface area contributed by atoms with Gasteiger partial charge in [0.2, 0.25) is 11.7 Å². The highest BCUT2D eigenvalue weighted by Gasteiger charge is 2.25. The molecule has 4 rings (SSSR count). The predicted octanol–water partition coefficient (Wildman–Crippen LogP) is 4.03. The summed E-state index contributed by atoms with van der Waals surface area (Å²) in [6.07, 6.45) is 4.94. The molecule has 0 radical (unpaired) electrons. The van der Waals surface area contributed by atoms with Crippen LogP contribution in [-0.2, 0) is 11.0 Å². The van der Waals surface area contributed by atoms with Crippen molar-refractivity contribution < 1.29 is 27.3 Å². The van der Waals surface area contributed by atoms with E-state index >= 15 is 4.39 Å². The summed E-state index contributed by atoms with van der Waals surface area (Å²) in [6.45, 7) is 1.82. The number of ether oxygens (including phenoxy) is 2. The van der Waals surface area contributed by atoms with Crippen LogP contribution in [0.25, 0.3) is 22.2 Å². The number of benzene rings is 1. The second-order valence-electron chi connectivity index (χ2n) is 7.37. The zero-order valence-corrected chi connectivity index (χ0v) is 19.8. The molecular formula is C23H21F2N5O4S. The maximum absolute atomic E-state index is 15.2. The molecule has 182 valence electrons. The number of pyridine rings is 1. The van der Waals surface area contributed by atoms with E-state index in [9.17, 15) is 13.4 Å². The molecule has 3 heterocycles. The van der Waals surface area contributed by atoms with Crippen molar-refractivity contribution in [2.75, 3.05) is 24.7 Å². The van der Waals surface area contributed by atoms with Crippen molar-refractivity contribution >= 4 is 33.5 Å². The molecule has 2 N–H and O–H groups in total. The molecule has 0 fully saturated rings. The molecule has 0 bridgehead atoms. The number of fused-ring (bicyclic) bond motifs is 1. The average molecular weight is 502 g/mol. The van der Waals surface area contributed by atoms with E-state index in [1.54, 1.807) is 6.07 Å². The third kappa shape index (κ3) is 4.69. The van der Waals surface area contributed by atoms with Gasteiger partial charge in [0, 0.05) is 40.9 Å². The maximum atomic E-state index is 15.2. The number of methoxy groups -OCH3 is 2. The van der Waals surface area contributed by atoms with Gasteiger partial charge in [-0.3, -0.25) is 4.79 Å². The number of H-pyrrole nitrogens is 1. The lowest BCUT2D eigenvalue weighted by Gasteiger charge is -2.11. The van der Waals surface area contributed by atoms with Crippen molar-refractivity contribution in [3.05, 3.63) is 59.6 Å². The number of ketones is 1. The number of carbonyl (C=O) groups is 1. The van der Waals surface area contributed by atoms with E-state index < -0.39 is 34.0 Å². The quantitative estimate of drug-likeness (QED) is 0.332. The van der Waals surface area contributed by atoms with Crippen molar-refractivity contribution in [2.45, 2.75) is 13.3 Å². The Hall–Kier alpha value is -3.93. The fourth-order valence-corrected chi connectivity index (χ4v) is 4.35. The zero-order valence-electron chi connectivity index (χ0n) is 19.0. The highest BCUT2D eigenvalue weighted by molar-refractivity contribution is 7.86. The molecule has 35 heavy (non-hydrogen) atoms. The number of aromatic nitrogens is 4. The van der Waals surface area contributed by atoms with Crippen molar-refractivity contribution in [1.82, 2.24) is 19.9 Å². The highest BCUT2D eigenvalue weighted by Crippen LogP contribution is 2.32. The first kappa shape index (κ1) is 24.2. The van der Waals surface area contributed by atoms with Gasteiger partial charge in [-0.1, -0.05) is 6.92 Å². The van der Waals surface area contributed by atoms with Crippen molar-refractivity contribution in [2.24, 2.45) is 0 Å². The minimum absolute atomic E-state index is 0.00683. The van der Waals surface area contributed by atoms with Crippen LogP contribution in [0.3, 0.4) is 0 Å². The first-order valence-electron chi connectivity index (χ1n) is 10.5. The summed E-state index contributed by atoms with van der Waals surface area (Å²) in [5.41, 5.74) is 0.346. The normalized spacial score (nSPS) is 11.9. The number of rotatable bonds is 9. The van der Waals surface area contributed by atoms with Crippen molar-refractivity contribution in [3.8, 4) is 23.0 Å². The molecule has 0 saturated heterocycles. The van der Waals surface area contributed by atoms with E-state index in [-0.39, 0.29) is 28.9 Å². The van der Waals surface area contributed by atoms with Crippen LogP contribution >= 0.6 is 0 Å². The number of nitrogens with one attached hydrogen (secondary N) is 2. The van der Waals surface area contributed by atoms with Crippen LogP contribution in [0, 0.1) is 11.6 Å². The second-order valence-corrected chi connectivity index (χ2v) is 8.67. The largest absolute Gasteiger partial charge is 0.480 e. The lowest BCUT2D eigenvalue weighted by atomic mass is 10.0. The molecule has 1 aromatic carbocycles. The topological polar surface area (TPSA) is 119 Å². The smallest absolute Gasteiger partial charge is 0.319 e. The molecule has 0 aliphatic carbocycles. The molecule has 0 saturated carbocycles. The van der Waals surface area contributed by atoms with Gasteiger partial charge in [0.05, 0.1) is 31.0 Å². The molecule has 3 aromatic heterocycles. The van der Waals surface area contributed by atoms with Crippen LogP contribution in [-0.4, -0.2) is 49.9 Å². The highest BCUT2D eigenvalue weighted by atomic mass is 32.2. The lowest BCUT2D eigenvalue weighted by Crippen LogP contribution is -2.13. The van der Waals surface area contributed by atoms with Crippen LogP contribution in [0.15, 0.2) is 36.8 Å². The van der Waals surface area contributed by atoms with Gasteiger partial charge in [-0.2, -0.15) is 4.98 Å². The molecule has 0 amide bonds. The van der Waals surface area contributed by atoms with Gasteiger partial charge in [-0.25, -0.2) is 23.0 Å². The van der Waals surface area contributed by atoms with Crippen LogP contribution in [0.1, 0.15) is 29.3 Å². The van der Waals surface area contributed by atoms with Crippen LogP contribution < -0.4 is 14.2 Å². The fraction of sp³-hybridized carbons (Fsp3) is 0.217. The second kappa shape index (κ2) is 10.1. The third-order valence-corrected chi connectivity index (χ3v) is 6.35. The van der Waals surface area contributed by atoms with Gasteiger partial charge in [-0.05, 0) is 24.6 Å². The van der Waals surface area contributed by atoms with Gasteiger partial charge in [0.25, 0.3) is 0 Å². The summed E-state index contributed by atoms with van der Waals surface area (Å²) in [6, 6.07) is 3.80. The SMILES string of the molecule is CCCS(=O)Nc1ccc(F)c(C(=O)c2c[nH]c3ncc(-c4cnc(OC)nc4OC)cc23)c1F. The molecule has 1 unspecified atom stereocenters. The number of nitrogens with zero attached hydrogens (tertiary/aromatic N) is 3. The number of aromatic amines is 1. The van der Waals surface area contributed by atoms with E-state index in [0.717, 1.165) is 12.1 Å². The van der Waals surface area contributed by atoms with E-state index in [4.69, 9.17) is 9.47 Å². The Kier molecular flexibility index (Phi) is 7.01. The number of hydrogen-bond donors (Lipinski definition) is 2. The summed E-state index contributed by atoms with van der Waals surface area (Å²) in [5, 5.41) is 0.331. The minimum atomic E-state index is -1.57. The van der Waals surface area contributed by atoms with Crippen molar-refractivity contribution in [3.63, 3.8) is 0 Å².